The van der Waals surface area contributed by atoms with Gasteiger partial charge in [0, 0.05) is 12.5 Å². The average molecular weight is 426 g/mol. The van der Waals surface area contributed by atoms with Crippen molar-refractivity contribution in [2.24, 2.45) is 5.92 Å². The van der Waals surface area contributed by atoms with Crippen LogP contribution in [0.5, 0.6) is 0 Å². The summed E-state index contributed by atoms with van der Waals surface area (Å²) < 4.78 is 7.85. The molecule has 0 rings (SSSR count). The first-order valence-corrected chi connectivity index (χ1v) is 11.5. The normalized spacial score (nSPS) is 16.9. The predicted octanol–water partition coefficient (Wildman–Crippen LogP) is 5.90. The van der Waals surface area contributed by atoms with E-state index >= 15 is 0 Å². The minimum atomic E-state index is -1.84. The molecule has 0 bridgehead atoms. The molecule has 0 saturated heterocycles. The number of rotatable bonds is 9. The first kappa shape index (κ1) is 21.6. The van der Waals surface area contributed by atoms with E-state index < -0.39 is 8.32 Å². The van der Waals surface area contributed by atoms with E-state index in [0.29, 0.717) is 23.2 Å². The lowest BCUT2D eigenvalue weighted by Crippen LogP contribution is -2.49. The van der Waals surface area contributed by atoms with Crippen LogP contribution in [0.15, 0.2) is 9.66 Å². The Morgan fingerprint density at radius 3 is 1.81 bits per heavy atom. The number of hydrogen-bond donors (Lipinski definition) is 1. The van der Waals surface area contributed by atoms with Gasteiger partial charge < -0.3 is 9.53 Å². The summed E-state index contributed by atoms with van der Waals surface area (Å²) in [5.74, 6) is 0.107. The second-order valence-electron chi connectivity index (χ2n) is 7.02. The van der Waals surface area contributed by atoms with Crippen LogP contribution in [0.3, 0.4) is 0 Å². The third kappa shape index (κ3) is 5.96. The van der Waals surface area contributed by atoms with E-state index in [1.165, 1.54) is 3.58 Å². The molecular weight excluding hydrogens is 391 g/mol. The van der Waals surface area contributed by atoms with E-state index in [1.54, 1.807) is 0 Å². The van der Waals surface area contributed by atoms with Crippen molar-refractivity contribution in [2.75, 3.05) is 6.61 Å². The highest BCUT2D eigenvalue weighted by atomic mass is 127. The Bertz CT molecular complexity index is 301. The van der Waals surface area contributed by atoms with Gasteiger partial charge in [-0.2, -0.15) is 0 Å². The molecule has 2 atom stereocenters. The summed E-state index contributed by atoms with van der Waals surface area (Å²) in [5, 5.41) is 10.3. The standard InChI is InChI=1S/C17H35IO2Si/c1-9-17(19)16(10-15(8)18)11-20-21(12(2)3,13(4)5)14(6)7/h10,12-14,16-17,19H,9,11H2,1-8H3/b15-10+/t16-,17-/m1/s1. The molecule has 0 aromatic rings. The Morgan fingerprint density at radius 2 is 1.52 bits per heavy atom. The van der Waals surface area contributed by atoms with Crippen LogP contribution in [0, 0.1) is 5.92 Å². The van der Waals surface area contributed by atoms with Gasteiger partial charge in [-0.3, -0.25) is 0 Å². The van der Waals surface area contributed by atoms with Gasteiger partial charge in [0.1, 0.15) is 0 Å². The van der Waals surface area contributed by atoms with Crippen LogP contribution < -0.4 is 0 Å². The van der Waals surface area contributed by atoms with Crippen LogP contribution in [0.4, 0.5) is 0 Å². The zero-order chi connectivity index (χ0) is 16.8. The number of aliphatic hydroxyl groups excluding tert-OH is 1. The topological polar surface area (TPSA) is 29.5 Å². The first-order valence-electron chi connectivity index (χ1n) is 8.25. The maximum atomic E-state index is 10.3. The van der Waals surface area contributed by atoms with Gasteiger partial charge >= 0.3 is 0 Å². The van der Waals surface area contributed by atoms with Gasteiger partial charge in [-0.1, -0.05) is 54.5 Å². The highest BCUT2D eigenvalue weighted by Crippen LogP contribution is 2.42. The molecule has 0 aromatic carbocycles. The van der Waals surface area contributed by atoms with E-state index in [2.05, 4.69) is 77.1 Å². The lowest BCUT2D eigenvalue weighted by molar-refractivity contribution is 0.0899. The van der Waals surface area contributed by atoms with Crippen molar-refractivity contribution in [2.45, 2.75) is 84.5 Å². The van der Waals surface area contributed by atoms with Crippen molar-refractivity contribution in [3.8, 4) is 0 Å². The molecule has 0 fully saturated rings. The van der Waals surface area contributed by atoms with Crippen LogP contribution in [-0.4, -0.2) is 26.1 Å². The second-order valence-corrected chi connectivity index (χ2v) is 14.2. The Hall–Kier alpha value is 0.607. The molecule has 0 spiro atoms. The van der Waals surface area contributed by atoms with Gasteiger partial charge in [0.25, 0.3) is 0 Å². The Labute approximate surface area is 147 Å². The monoisotopic (exact) mass is 426 g/mol. The number of hydrogen-bond acceptors (Lipinski definition) is 2. The third-order valence-corrected chi connectivity index (χ3v) is 11.0. The van der Waals surface area contributed by atoms with Crippen molar-refractivity contribution in [1.82, 2.24) is 0 Å². The molecule has 0 aliphatic rings. The average Bonchev–Trinajstić information content (AvgIpc) is 2.35. The van der Waals surface area contributed by atoms with E-state index in [0.717, 1.165) is 6.42 Å². The Kier molecular flexibility index (Phi) is 9.96. The summed E-state index contributed by atoms with van der Waals surface area (Å²) in [4.78, 5) is 0. The molecule has 0 heterocycles. The van der Waals surface area contributed by atoms with Crippen LogP contribution in [0.2, 0.25) is 16.6 Å². The highest BCUT2D eigenvalue weighted by molar-refractivity contribution is 14.1. The first-order chi connectivity index (χ1) is 9.59. The molecular formula is C17H35IO2Si. The fourth-order valence-corrected chi connectivity index (χ4v) is 9.55. The van der Waals surface area contributed by atoms with Crippen molar-refractivity contribution in [3.05, 3.63) is 9.66 Å². The van der Waals surface area contributed by atoms with Gasteiger partial charge in [-0.15, -0.1) is 0 Å². The minimum Gasteiger partial charge on any atom is -0.415 e. The zero-order valence-electron chi connectivity index (χ0n) is 15.1. The van der Waals surface area contributed by atoms with E-state index in [9.17, 15) is 5.11 Å². The molecule has 0 aromatic heterocycles. The zero-order valence-corrected chi connectivity index (χ0v) is 18.3. The molecule has 0 saturated carbocycles. The fourth-order valence-electron chi connectivity index (χ4n) is 3.61. The third-order valence-electron chi connectivity index (χ3n) is 4.59. The van der Waals surface area contributed by atoms with E-state index in [1.807, 2.05) is 6.92 Å². The molecule has 0 aliphatic carbocycles. The van der Waals surface area contributed by atoms with Crippen LogP contribution in [0.25, 0.3) is 0 Å². The van der Waals surface area contributed by atoms with Crippen molar-refractivity contribution in [1.29, 1.82) is 0 Å². The summed E-state index contributed by atoms with van der Waals surface area (Å²) in [6, 6.07) is 0. The van der Waals surface area contributed by atoms with Crippen molar-refractivity contribution >= 4 is 30.9 Å². The molecule has 0 unspecified atom stereocenters. The largest absolute Gasteiger partial charge is 0.415 e. The molecule has 1 N–H and O–H groups in total. The summed E-state index contributed by atoms with van der Waals surface area (Å²) in [6.45, 7) is 18.6. The molecule has 21 heavy (non-hydrogen) atoms. The number of allylic oxidation sites excluding steroid dienone is 1. The lowest BCUT2D eigenvalue weighted by Gasteiger charge is -2.43. The van der Waals surface area contributed by atoms with Gasteiger partial charge in [0.15, 0.2) is 8.32 Å². The molecule has 2 nitrogen and oxygen atoms in total. The second kappa shape index (κ2) is 9.68. The van der Waals surface area contributed by atoms with Crippen molar-refractivity contribution < 1.29 is 9.53 Å². The van der Waals surface area contributed by atoms with Crippen LogP contribution >= 0.6 is 22.6 Å². The SMILES string of the molecule is CC[C@@H](O)[C@H](/C=C(\C)I)CO[Si](C(C)C)(C(C)C)C(C)C. The quantitative estimate of drug-likeness (QED) is 0.367. The van der Waals surface area contributed by atoms with Gasteiger partial charge in [0.2, 0.25) is 0 Å². The maximum absolute atomic E-state index is 10.3. The van der Waals surface area contributed by atoms with Gasteiger partial charge in [-0.05, 0) is 56.1 Å². The summed E-state index contributed by atoms with van der Waals surface area (Å²) in [5.41, 5.74) is 1.75. The number of aliphatic hydroxyl groups is 1. The lowest BCUT2D eigenvalue weighted by atomic mass is 10.0. The summed E-state index contributed by atoms with van der Waals surface area (Å²) >= 11 is 2.31. The van der Waals surface area contributed by atoms with E-state index in [-0.39, 0.29) is 12.0 Å². The molecule has 0 radical (unpaired) electrons. The fraction of sp³-hybridized carbons (Fsp3) is 0.882. The maximum Gasteiger partial charge on any atom is 0.200 e. The Balaban J connectivity index is 5.22. The molecule has 126 valence electrons. The van der Waals surface area contributed by atoms with Gasteiger partial charge in [0.05, 0.1) is 6.10 Å². The van der Waals surface area contributed by atoms with Gasteiger partial charge in [-0.25, -0.2) is 0 Å². The molecule has 0 aliphatic heterocycles. The predicted molar refractivity (Wildman–Crippen MR) is 105 cm³/mol. The summed E-state index contributed by atoms with van der Waals surface area (Å²) in [7, 11) is -1.84. The Morgan fingerprint density at radius 1 is 1.10 bits per heavy atom. The molecule has 0 amide bonds. The minimum absolute atomic E-state index is 0.107. The van der Waals surface area contributed by atoms with Crippen LogP contribution in [-0.2, 0) is 4.43 Å². The van der Waals surface area contributed by atoms with Crippen molar-refractivity contribution in [3.63, 3.8) is 0 Å². The van der Waals surface area contributed by atoms with Crippen LogP contribution in [0.1, 0.15) is 61.8 Å². The number of halogens is 1. The smallest absolute Gasteiger partial charge is 0.200 e. The molecule has 4 heteroatoms. The highest BCUT2D eigenvalue weighted by Gasteiger charge is 2.45. The summed E-state index contributed by atoms with van der Waals surface area (Å²) in [6.07, 6.45) is 2.62. The van der Waals surface area contributed by atoms with E-state index in [4.69, 9.17) is 4.43 Å².